The van der Waals surface area contributed by atoms with Crippen molar-refractivity contribution in [3.8, 4) is 0 Å². The van der Waals surface area contributed by atoms with Crippen molar-refractivity contribution in [2.24, 2.45) is 13.0 Å². The van der Waals surface area contributed by atoms with Crippen LogP contribution in [0.5, 0.6) is 0 Å². The largest absolute Gasteiger partial charge is 0.339 e. The molecule has 1 aromatic heterocycles. The van der Waals surface area contributed by atoms with Crippen LogP contribution in [0.25, 0.3) is 6.08 Å². The Morgan fingerprint density at radius 3 is 2.38 bits per heavy atom. The molecule has 6 heteroatoms. The zero-order valence-electron chi connectivity index (χ0n) is 14.4. The molecule has 0 atom stereocenters. The normalized spacial score (nSPS) is 19.9. The highest BCUT2D eigenvalue weighted by molar-refractivity contribution is 5.92. The quantitative estimate of drug-likeness (QED) is 0.793. The van der Waals surface area contributed by atoms with Crippen molar-refractivity contribution in [3.05, 3.63) is 24.0 Å². The van der Waals surface area contributed by atoms with Crippen LogP contribution < -0.4 is 0 Å². The topological polar surface area (TPSA) is 58.4 Å². The lowest BCUT2D eigenvalue weighted by Crippen LogP contribution is -2.51. The number of nitrogens with zero attached hydrogens (tertiary/aromatic N) is 4. The van der Waals surface area contributed by atoms with Crippen molar-refractivity contribution < 1.29 is 9.59 Å². The number of hydrogen-bond donors (Lipinski definition) is 0. The Bertz CT molecular complexity index is 608. The fourth-order valence-electron chi connectivity index (χ4n) is 3.55. The maximum Gasteiger partial charge on any atom is 0.246 e. The third kappa shape index (κ3) is 4.04. The molecular formula is C18H26N4O2. The first kappa shape index (κ1) is 16.7. The van der Waals surface area contributed by atoms with Crippen LogP contribution in [0.15, 0.2) is 18.5 Å². The van der Waals surface area contributed by atoms with Crippen LogP contribution in [0.3, 0.4) is 0 Å². The predicted molar refractivity (Wildman–Crippen MR) is 92.0 cm³/mol. The average Bonchev–Trinajstić information content (AvgIpc) is 3.05. The van der Waals surface area contributed by atoms with E-state index in [1.807, 2.05) is 23.0 Å². The van der Waals surface area contributed by atoms with Crippen LogP contribution in [0.4, 0.5) is 0 Å². The Kier molecular flexibility index (Phi) is 5.33. The third-order valence-electron chi connectivity index (χ3n) is 5.00. The second kappa shape index (κ2) is 7.64. The van der Waals surface area contributed by atoms with E-state index in [-0.39, 0.29) is 11.8 Å². The molecule has 0 N–H and O–H groups in total. The van der Waals surface area contributed by atoms with Crippen molar-refractivity contribution in [3.63, 3.8) is 0 Å². The number of carbonyl (C=O) groups excluding carboxylic acids is 2. The monoisotopic (exact) mass is 330 g/mol. The first-order valence-corrected chi connectivity index (χ1v) is 8.88. The summed E-state index contributed by atoms with van der Waals surface area (Å²) in [6.45, 7) is 2.55. The van der Waals surface area contributed by atoms with Crippen molar-refractivity contribution in [2.75, 3.05) is 26.2 Å². The van der Waals surface area contributed by atoms with Gasteiger partial charge in [0.2, 0.25) is 11.8 Å². The zero-order valence-corrected chi connectivity index (χ0v) is 14.4. The molecule has 130 valence electrons. The summed E-state index contributed by atoms with van der Waals surface area (Å²) in [5, 5.41) is 4.08. The lowest BCUT2D eigenvalue weighted by molar-refractivity contribution is -0.141. The van der Waals surface area contributed by atoms with Gasteiger partial charge in [-0.05, 0) is 18.9 Å². The molecule has 3 rings (SSSR count). The lowest BCUT2D eigenvalue weighted by atomic mass is 9.88. The van der Waals surface area contributed by atoms with Crippen LogP contribution in [-0.2, 0) is 16.6 Å². The van der Waals surface area contributed by atoms with E-state index in [9.17, 15) is 9.59 Å². The standard InChI is InChI=1S/C18H26N4O2/c1-20-14-15(13-19-20)7-8-17(23)21-9-11-22(12-10-21)18(24)16-5-3-2-4-6-16/h7-8,13-14,16H,2-6,9-12H2,1H3/b8-7+. The van der Waals surface area contributed by atoms with E-state index in [0.717, 1.165) is 18.4 Å². The molecule has 2 fully saturated rings. The fourth-order valence-corrected chi connectivity index (χ4v) is 3.55. The van der Waals surface area contributed by atoms with E-state index in [0.29, 0.717) is 32.1 Å². The molecule has 6 nitrogen and oxygen atoms in total. The number of aromatic nitrogens is 2. The van der Waals surface area contributed by atoms with E-state index in [1.165, 1.54) is 19.3 Å². The minimum atomic E-state index is 0.00335. The first-order chi connectivity index (χ1) is 11.6. The maximum absolute atomic E-state index is 12.5. The van der Waals surface area contributed by atoms with Crippen molar-refractivity contribution in [1.82, 2.24) is 19.6 Å². The Morgan fingerprint density at radius 2 is 1.75 bits per heavy atom. The maximum atomic E-state index is 12.5. The Balaban J connectivity index is 1.48. The number of rotatable bonds is 3. The molecule has 0 radical (unpaired) electrons. The molecule has 24 heavy (non-hydrogen) atoms. The van der Waals surface area contributed by atoms with Gasteiger partial charge in [0.25, 0.3) is 0 Å². The van der Waals surface area contributed by atoms with Gasteiger partial charge < -0.3 is 9.80 Å². The van der Waals surface area contributed by atoms with Crippen molar-refractivity contribution in [1.29, 1.82) is 0 Å². The van der Waals surface area contributed by atoms with Crippen LogP contribution in [-0.4, -0.2) is 57.6 Å². The van der Waals surface area contributed by atoms with Gasteiger partial charge in [-0.1, -0.05) is 19.3 Å². The molecule has 2 amide bonds. The SMILES string of the molecule is Cn1cc(/C=C/C(=O)N2CCN(C(=O)C3CCCCC3)CC2)cn1. The summed E-state index contributed by atoms with van der Waals surface area (Å²) in [6, 6.07) is 0. The number of aryl methyl sites for hydroxylation is 1. The van der Waals surface area contributed by atoms with Gasteiger partial charge in [-0.3, -0.25) is 14.3 Å². The van der Waals surface area contributed by atoms with Gasteiger partial charge >= 0.3 is 0 Å². The van der Waals surface area contributed by atoms with Gasteiger partial charge in [0.05, 0.1) is 6.20 Å². The summed E-state index contributed by atoms with van der Waals surface area (Å²) >= 11 is 0. The number of carbonyl (C=O) groups is 2. The van der Waals surface area contributed by atoms with E-state index in [4.69, 9.17) is 0 Å². The van der Waals surface area contributed by atoms with E-state index >= 15 is 0 Å². The van der Waals surface area contributed by atoms with Crippen LogP contribution in [0, 0.1) is 5.92 Å². The second-order valence-corrected chi connectivity index (χ2v) is 6.77. The third-order valence-corrected chi connectivity index (χ3v) is 5.00. The zero-order chi connectivity index (χ0) is 16.9. The Labute approximate surface area is 143 Å². The Morgan fingerprint density at radius 1 is 1.08 bits per heavy atom. The van der Waals surface area contributed by atoms with Crippen molar-refractivity contribution in [2.45, 2.75) is 32.1 Å². The van der Waals surface area contributed by atoms with E-state index < -0.39 is 0 Å². The molecule has 2 heterocycles. The van der Waals surface area contributed by atoms with Crippen LogP contribution in [0.2, 0.25) is 0 Å². The van der Waals surface area contributed by atoms with Gasteiger partial charge in [-0.2, -0.15) is 5.10 Å². The van der Waals surface area contributed by atoms with Crippen LogP contribution in [0.1, 0.15) is 37.7 Å². The van der Waals surface area contributed by atoms with E-state index in [1.54, 1.807) is 23.0 Å². The number of amides is 2. The lowest BCUT2D eigenvalue weighted by Gasteiger charge is -2.36. The van der Waals surface area contributed by atoms with Gasteiger partial charge in [-0.15, -0.1) is 0 Å². The summed E-state index contributed by atoms with van der Waals surface area (Å²) in [5.41, 5.74) is 0.914. The molecule has 1 aromatic rings. The highest BCUT2D eigenvalue weighted by Gasteiger charge is 2.29. The molecule has 0 spiro atoms. The van der Waals surface area contributed by atoms with Gasteiger partial charge in [0.1, 0.15) is 0 Å². The molecule has 2 aliphatic rings. The van der Waals surface area contributed by atoms with Gasteiger partial charge in [0, 0.05) is 57.0 Å². The first-order valence-electron chi connectivity index (χ1n) is 8.88. The van der Waals surface area contributed by atoms with E-state index in [2.05, 4.69) is 5.10 Å². The molecule has 1 saturated carbocycles. The summed E-state index contributed by atoms with van der Waals surface area (Å²) in [5.74, 6) is 0.516. The molecule has 1 aliphatic carbocycles. The molecule has 0 aromatic carbocycles. The summed E-state index contributed by atoms with van der Waals surface area (Å²) in [4.78, 5) is 28.6. The summed E-state index contributed by atoms with van der Waals surface area (Å²) in [7, 11) is 1.85. The average molecular weight is 330 g/mol. The molecule has 1 aliphatic heterocycles. The smallest absolute Gasteiger partial charge is 0.246 e. The minimum Gasteiger partial charge on any atom is -0.339 e. The Hall–Kier alpha value is -2.11. The number of piperazine rings is 1. The number of hydrogen-bond acceptors (Lipinski definition) is 3. The second-order valence-electron chi connectivity index (χ2n) is 6.77. The highest BCUT2D eigenvalue weighted by Crippen LogP contribution is 2.25. The van der Waals surface area contributed by atoms with Crippen molar-refractivity contribution >= 4 is 17.9 Å². The summed E-state index contributed by atoms with van der Waals surface area (Å²) in [6.07, 6.45) is 12.6. The van der Waals surface area contributed by atoms with Crippen LogP contribution >= 0.6 is 0 Å². The molecular weight excluding hydrogens is 304 g/mol. The predicted octanol–water partition coefficient (Wildman–Crippen LogP) is 1.68. The summed E-state index contributed by atoms with van der Waals surface area (Å²) < 4.78 is 1.71. The van der Waals surface area contributed by atoms with Gasteiger partial charge in [-0.25, -0.2) is 0 Å². The van der Waals surface area contributed by atoms with Gasteiger partial charge in [0.15, 0.2) is 0 Å². The molecule has 0 unspecified atom stereocenters. The fraction of sp³-hybridized carbons (Fsp3) is 0.611. The molecule has 0 bridgehead atoms. The molecule has 1 saturated heterocycles. The minimum absolute atomic E-state index is 0.00335. The highest BCUT2D eigenvalue weighted by atomic mass is 16.2.